The summed E-state index contributed by atoms with van der Waals surface area (Å²) in [6.07, 6.45) is 10.5. The molecule has 0 aliphatic heterocycles. The second kappa shape index (κ2) is 16.9. The van der Waals surface area contributed by atoms with Gasteiger partial charge in [0.05, 0.1) is 19.3 Å². The highest BCUT2D eigenvalue weighted by Crippen LogP contribution is 2.20. The molecule has 1 saturated carbocycles. The van der Waals surface area contributed by atoms with Gasteiger partial charge in [0.15, 0.2) is 5.96 Å². The molecule has 166 valence electrons. The molecule has 0 spiro atoms. The van der Waals surface area contributed by atoms with Crippen LogP contribution in [0.2, 0.25) is 0 Å². The molecule has 1 aliphatic carbocycles. The number of hydrogen-bond donors (Lipinski definition) is 3. The highest BCUT2D eigenvalue weighted by Gasteiger charge is 2.13. The lowest BCUT2D eigenvalue weighted by atomic mass is 9.98. The maximum atomic E-state index is 9.69. The number of aliphatic hydroxyl groups is 1. The largest absolute Gasteiger partial charge is 0.396 e. The van der Waals surface area contributed by atoms with E-state index in [4.69, 9.17) is 4.74 Å². The lowest BCUT2D eigenvalue weighted by molar-refractivity contribution is 0.0264. The molecular weight excluding hydrogens is 477 g/mol. The van der Waals surface area contributed by atoms with Crippen LogP contribution in [0, 0.1) is 0 Å². The molecule has 29 heavy (non-hydrogen) atoms. The Kier molecular flexibility index (Phi) is 15.2. The third-order valence-electron chi connectivity index (χ3n) is 5.32. The number of unbranched alkanes of at least 4 members (excludes halogenated alkanes) is 2. The molecule has 0 radical (unpaired) electrons. The number of benzene rings is 1. The molecule has 5 nitrogen and oxygen atoms in total. The van der Waals surface area contributed by atoms with Gasteiger partial charge in [-0.3, -0.25) is 4.99 Å². The Balaban J connectivity index is 0.00000420. The predicted octanol–water partition coefficient (Wildman–Crippen LogP) is 4.46. The summed E-state index contributed by atoms with van der Waals surface area (Å²) in [6, 6.07) is 10.1. The average Bonchev–Trinajstić information content (AvgIpc) is 2.75. The van der Waals surface area contributed by atoms with Crippen LogP contribution < -0.4 is 10.6 Å². The van der Waals surface area contributed by atoms with Crippen molar-refractivity contribution in [3.63, 3.8) is 0 Å². The van der Waals surface area contributed by atoms with Gasteiger partial charge in [-0.15, -0.1) is 24.0 Å². The van der Waals surface area contributed by atoms with E-state index in [1.165, 1.54) is 38.5 Å². The van der Waals surface area contributed by atoms with Gasteiger partial charge >= 0.3 is 0 Å². The standard InChI is InChI=1S/C23H39N3O2.HI/c1-2-24-23(26-18-21(19-27)20-12-6-3-7-13-20)25-16-10-5-11-17-28-22-14-8-4-9-15-22;/h3,6-7,12-13,21-22,27H,2,4-5,8-11,14-19H2,1H3,(H2,24,25,26);1H. The summed E-state index contributed by atoms with van der Waals surface area (Å²) in [5, 5.41) is 16.4. The zero-order valence-electron chi connectivity index (χ0n) is 17.9. The molecule has 0 saturated heterocycles. The van der Waals surface area contributed by atoms with Gasteiger partial charge in [0.25, 0.3) is 0 Å². The van der Waals surface area contributed by atoms with Crippen molar-refractivity contribution in [3.05, 3.63) is 35.9 Å². The predicted molar refractivity (Wildman–Crippen MR) is 132 cm³/mol. The SMILES string of the molecule is CCNC(=NCC(CO)c1ccccc1)NCCCCCOC1CCCCC1.I. The third-order valence-corrected chi connectivity index (χ3v) is 5.32. The Hall–Kier alpha value is -0.860. The molecule has 0 bridgehead atoms. The maximum Gasteiger partial charge on any atom is 0.191 e. The number of aliphatic hydroxyl groups excluding tert-OH is 1. The summed E-state index contributed by atoms with van der Waals surface area (Å²) < 4.78 is 5.99. The molecule has 0 amide bonds. The van der Waals surface area contributed by atoms with Gasteiger partial charge < -0.3 is 20.5 Å². The molecule has 1 aromatic carbocycles. The quantitative estimate of drug-likeness (QED) is 0.166. The van der Waals surface area contributed by atoms with E-state index in [1.54, 1.807) is 0 Å². The van der Waals surface area contributed by atoms with Crippen LogP contribution in [-0.2, 0) is 4.74 Å². The average molecular weight is 517 g/mol. The first kappa shape index (κ1) is 26.2. The summed E-state index contributed by atoms with van der Waals surface area (Å²) in [5.41, 5.74) is 1.13. The summed E-state index contributed by atoms with van der Waals surface area (Å²) in [7, 11) is 0. The van der Waals surface area contributed by atoms with Crippen molar-refractivity contribution in [2.45, 2.75) is 70.3 Å². The number of halogens is 1. The molecule has 0 heterocycles. The second-order valence-corrected chi connectivity index (χ2v) is 7.63. The number of nitrogens with zero attached hydrogens (tertiary/aromatic N) is 1. The highest BCUT2D eigenvalue weighted by atomic mass is 127. The lowest BCUT2D eigenvalue weighted by Crippen LogP contribution is -2.38. The van der Waals surface area contributed by atoms with E-state index in [0.717, 1.165) is 44.1 Å². The molecule has 1 atom stereocenters. The summed E-state index contributed by atoms with van der Waals surface area (Å²) in [4.78, 5) is 4.67. The van der Waals surface area contributed by atoms with E-state index < -0.39 is 0 Å². The summed E-state index contributed by atoms with van der Waals surface area (Å²) in [6.45, 7) is 5.38. The minimum Gasteiger partial charge on any atom is -0.396 e. The van der Waals surface area contributed by atoms with Crippen LogP contribution in [0.3, 0.4) is 0 Å². The van der Waals surface area contributed by atoms with Gasteiger partial charge in [-0.05, 0) is 44.6 Å². The molecule has 3 N–H and O–H groups in total. The molecule has 0 aromatic heterocycles. The number of nitrogens with one attached hydrogen (secondary N) is 2. The van der Waals surface area contributed by atoms with E-state index in [2.05, 4.69) is 22.5 Å². The number of aliphatic imine (C=N–C) groups is 1. The Bertz CT molecular complexity index is 536. The minimum absolute atomic E-state index is 0. The smallest absolute Gasteiger partial charge is 0.191 e. The molecule has 2 rings (SSSR count). The Morgan fingerprint density at radius 1 is 1.10 bits per heavy atom. The van der Waals surface area contributed by atoms with Crippen molar-refractivity contribution in [2.24, 2.45) is 4.99 Å². The normalized spacial score (nSPS) is 16.1. The Morgan fingerprint density at radius 3 is 2.55 bits per heavy atom. The molecule has 6 heteroatoms. The van der Waals surface area contributed by atoms with Gasteiger partial charge in [-0.1, -0.05) is 49.6 Å². The zero-order chi connectivity index (χ0) is 19.9. The van der Waals surface area contributed by atoms with Gasteiger partial charge in [-0.2, -0.15) is 0 Å². The van der Waals surface area contributed by atoms with Crippen LogP contribution >= 0.6 is 24.0 Å². The van der Waals surface area contributed by atoms with Crippen molar-refractivity contribution in [3.8, 4) is 0 Å². The number of hydrogen-bond acceptors (Lipinski definition) is 3. The third kappa shape index (κ3) is 11.2. The van der Waals surface area contributed by atoms with Crippen LogP contribution in [-0.4, -0.2) is 50.0 Å². The van der Waals surface area contributed by atoms with Crippen molar-refractivity contribution in [1.82, 2.24) is 10.6 Å². The van der Waals surface area contributed by atoms with E-state index in [-0.39, 0.29) is 36.5 Å². The van der Waals surface area contributed by atoms with Crippen molar-refractivity contribution < 1.29 is 9.84 Å². The van der Waals surface area contributed by atoms with E-state index in [1.807, 2.05) is 30.3 Å². The van der Waals surface area contributed by atoms with Crippen LogP contribution in [0.1, 0.15) is 69.8 Å². The zero-order valence-corrected chi connectivity index (χ0v) is 20.3. The van der Waals surface area contributed by atoms with Gasteiger partial charge in [0.1, 0.15) is 0 Å². The fourth-order valence-corrected chi connectivity index (χ4v) is 3.63. The van der Waals surface area contributed by atoms with Crippen LogP contribution in [0.5, 0.6) is 0 Å². The molecular formula is C23H40IN3O2. The first-order valence-electron chi connectivity index (χ1n) is 11.1. The summed E-state index contributed by atoms with van der Waals surface area (Å²) >= 11 is 0. The molecule has 1 unspecified atom stereocenters. The molecule has 1 aromatic rings. The highest BCUT2D eigenvalue weighted by molar-refractivity contribution is 14.0. The monoisotopic (exact) mass is 517 g/mol. The minimum atomic E-state index is 0. The van der Waals surface area contributed by atoms with Gasteiger partial charge in [-0.25, -0.2) is 0 Å². The van der Waals surface area contributed by atoms with Crippen LogP contribution in [0.15, 0.2) is 35.3 Å². The number of ether oxygens (including phenoxy) is 1. The number of guanidine groups is 1. The fraction of sp³-hybridized carbons (Fsp3) is 0.696. The summed E-state index contributed by atoms with van der Waals surface area (Å²) in [5.74, 6) is 0.865. The van der Waals surface area contributed by atoms with E-state index in [0.29, 0.717) is 12.6 Å². The second-order valence-electron chi connectivity index (χ2n) is 7.63. The Labute approximate surface area is 194 Å². The van der Waals surface area contributed by atoms with Crippen molar-refractivity contribution in [1.29, 1.82) is 0 Å². The first-order valence-corrected chi connectivity index (χ1v) is 11.1. The molecule has 1 aliphatic rings. The van der Waals surface area contributed by atoms with Crippen molar-refractivity contribution in [2.75, 3.05) is 32.8 Å². The van der Waals surface area contributed by atoms with E-state index in [9.17, 15) is 5.11 Å². The van der Waals surface area contributed by atoms with Crippen molar-refractivity contribution >= 4 is 29.9 Å². The van der Waals surface area contributed by atoms with Crippen LogP contribution in [0.25, 0.3) is 0 Å². The van der Waals surface area contributed by atoms with Gasteiger partial charge in [0.2, 0.25) is 0 Å². The fourth-order valence-electron chi connectivity index (χ4n) is 3.63. The Morgan fingerprint density at radius 2 is 1.86 bits per heavy atom. The number of rotatable bonds is 12. The lowest BCUT2D eigenvalue weighted by Gasteiger charge is -2.21. The van der Waals surface area contributed by atoms with Crippen LogP contribution in [0.4, 0.5) is 0 Å². The van der Waals surface area contributed by atoms with Gasteiger partial charge in [0, 0.05) is 25.6 Å². The molecule has 1 fully saturated rings. The topological polar surface area (TPSA) is 65.9 Å². The first-order chi connectivity index (χ1) is 13.8. The maximum absolute atomic E-state index is 9.69. The van der Waals surface area contributed by atoms with E-state index >= 15 is 0 Å².